The Balaban J connectivity index is 1.94. The lowest BCUT2D eigenvalue weighted by atomic mass is 9.88. The molecule has 0 radical (unpaired) electrons. The summed E-state index contributed by atoms with van der Waals surface area (Å²) < 4.78 is 10.8. The molecular formula is C32H48N6O9. The van der Waals surface area contributed by atoms with Gasteiger partial charge in [-0.3, -0.25) is 21.3 Å². The SMILES string of the molecule is CCC(C)NOC(=O)Nc1cccc(NC(=O)OCC(CC)(CO)COC(=O)Nc2cccc(NC(=O)ONC(C)CC)c2C)c1C. The van der Waals surface area contributed by atoms with Crippen molar-refractivity contribution in [2.75, 3.05) is 41.1 Å². The second-order valence-corrected chi connectivity index (χ2v) is 11.3. The molecular weight excluding hydrogens is 612 g/mol. The molecule has 0 spiro atoms. The monoisotopic (exact) mass is 660 g/mol. The number of anilines is 4. The molecule has 0 heterocycles. The summed E-state index contributed by atoms with van der Waals surface area (Å²) in [5.41, 5.74) is 6.92. The number of amides is 4. The Hall–Kier alpha value is -4.60. The molecule has 0 aliphatic rings. The fraction of sp³-hybridized carbons (Fsp3) is 0.500. The quantitative estimate of drug-likeness (QED) is 0.0800. The van der Waals surface area contributed by atoms with Gasteiger partial charge in [-0.2, -0.15) is 0 Å². The Morgan fingerprint density at radius 2 is 1.00 bits per heavy atom. The number of hydroxylamine groups is 2. The highest BCUT2D eigenvalue weighted by Crippen LogP contribution is 2.27. The summed E-state index contributed by atoms with van der Waals surface area (Å²) in [5.74, 6) is 0. The third-order valence-electron chi connectivity index (χ3n) is 7.65. The summed E-state index contributed by atoms with van der Waals surface area (Å²) in [7, 11) is 0. The van der Waals surface area contributed by atoms with Gasteiger partial charge in [0.15, 0.2) is 0 Å². The summed E-state index contributed by atoms with van der Waals surface area (Å²) in [5, 5.41) is 20.7. The van der Waals surface area contributed by atoms with Crippen LogP contribution in [0.4, 0.5) is 41.9 Å². The fourth-order valence-corrected chi connectivity index (χ4v) is 3.74. The second kappa shape index (κ2) is 19.2. The molecule has 2 aromatic rings. The number of carbonyl (C=O) groups is 4. The van der Waals surface area contributed by atoms with Crippen LogP contribution in [0.5, 0.6) is 0 Å². The predicted octanol–water partition coefficient (Wildman–Crippen LogP) is 6.19. The van der Waals surface area contributed by atoms with Gasteiger partial charge >= 0.3 is 24.4 Å². The average Bonchev–Trinajstić information content (AvgIpc) is 3.06. The van der Waals surface area contributed by atoms with Crippen molar-refractivity contribution in [1.29, 1.82) is 0 Å². The molecule has 47 heavy (non-hydrogen) atoms. The Kier molecular flexibility index (Phi) is 15.7. The van der Waals surface area contributed by atoms with Gasteiger partial charge in [-0.25, -0.2) is 19.2 Å². The van der Waals surface area contributed by atoms with E-state index in [0.29, 0.717) is 40.3 Å². The van der Waals surface area contributed by atoms with E-state index in [4.69, 9.17) is 19.1 Å². The van der Waals surface area contributed by atoms with E-state index in [9.17, 15) is 24.3 Å². The smallest absolute Gasteiger partial charge is 0.430 e. The molecule has 260 valence electrons. The molecule has 0 bridgehead atoms. The van der Waals surface area contributed by atoms with Crippen molar-refractivity contribution >= 4 is 47.1 Å². The third kappa shape index (κ3) is 12.6. The third-order valence-corrected chi connectivity index (χ3v) is 7.65. The number of hydrogen-bond donors (Lipinski definition) is 7. The summed E-state index contributed by atoms with van der Waals surface area (Å²) in [6.07, 6.45) is -1.16. The summed E-state index contributed by atoms with van der Waals surface area (Å²) in [6.45, 7) is 11.9. The maximum atomic E-state index is 12.7. The van der Waals surface area contributed by atoms with Crippen LogP contribution in [0.25, 0.3) is 0 Å². The minimum atomic E-state index is -1.08. The van der Waals surface area contributed by atoms with Crippen molar-refractivity contribution in [1.82, 2.24) is 11.0 Å². The number of hydrogen-bond acceptors (Lipinski definition) is 11. The number of benzene rings is 2. The van der Waals surface area contributed by atoms with Crippen molar-refractivity contribution in [3.05, 3.63) is 47.5 Å². The van der Waals surface area contributed by atoms with Crippen molar-refractivity contribution in [3.8, 4) is 0 Å². The summed E-state index contributed by atoms with van der Waals surface area (Å²) in [4.78, 5) is 59.7. The van der Waals surface area contributed by atoms with E-state index in [1.165, 1.54) is 0 Å². The van der Waals surface area contributed by atoms with Crippen LogP contribution in [0.1, 0.15) is 65.0 Å². The van der Waals surface area contributed by atoms with E-state index in [-0.39, 0.29) is 25.3 Å². The highest BCUT2D eigenvalue weighted by molar-refractivity contribution is 5.92. The normalized spacial score (nSPS) is 13.3. The van der Waals surface area contributed by atoms with Crippen LogP contribution in [0.15, 0.2) is 36.4 Å². The molecule has 7 N–H and O–H groups in total. The molecule has 0 aliphatic carbocycles. The zero-order valence-corrected chi connectivity index (χ0v) is 28.1. The molecule has 0 saturated heterocycles. The Bertz CT molecular complexity index is 1250. The van der Waals surface area contributed by atoms with Gasteiger partial charge in [-0.05, 0) is 82.3 Å². The lowest BCUT2D eigenvalue weighted by molar-refractivity contribution is -0.00658. The van der Waals surface area contributed by atoms with Gasteiger partial charge in [0.1, 0.15) is 13.2 Å². The predicted molar refractivity (Wildman–Crippen MR) is 178 cm³/mol. The minimum absolute atomic E-state index is 0.0154. The van der Waals surface area contributed by atoms with Crippen LogP contribution in [0, 0.1) is 19.3 Å². The molecule has 15 nitrogen and oxygen atoms in total. The van der Waals surface area contributed by atoms with Crippen LogP contribution < -0.4 is 32.2 Å². The van der Waals surface area contributed by atoms with Gasteiger partial charge in [0, 0.05) is 34.8 Å². The van der Waals surface area contributed by atoms with E-state index in [0.717, 1.165) is 12.8 Å². The van der Waals surface area contributed by atoms with Gasteiger partial charge < -0.3 is 24.3 Å². The zero-order valence-electron chi connectivity index (χ0n) is 28.1. The molecule has 2 aromatic carbocycles. The number of carbonyl (C=O) groups excluding carboxylic acids is 4. The Labute approximate surface area is 275 Å². The van der Waals surface area contributed by atoms with Gasteiger partial charge in [0.2, 0.25) is 0 Å². The van der Waals surface area contributed by atoms with E-state index in [2.05, 4.69) is 32.2 Å². The number of ether oxygens (including phenoxy) is 2. The molecule has 2 atom stereocenters. The number of rotatable bonds is 16. The standard InChI is InChI=1S/C32H48N6O9/c1-8-20(4)37-46-30(42)35-26-15-11-13-24(22(26)6)33-28(40)44-18-32(10-3,17-39)19-45-29(41)34-25-14-12-16-27(23(25)7)36-31(43)47-38-21(5)9-2/h11-16,20-21,37-39H,8-10,17-19H2,1-7H3,(H,33,40)(H,34,41)(H,35,42)(H,36,43). The first-order chi connectivity index (χ1) is 22.4. The Morgan fingerprint density at radius 3 is 1.30 bits per heavy atom. The van der Waals surface area contributed by atoms with Gasteiger partial charge in [0.25, 0.3) is 0 Å². The first-order valence-corrected chi connectivity index (χ1v) is 15.5. The first kappa shape index (κ1) is 38.6. The lowest BCUT2D eigenvalue weighted by Crippen LogP contribution is -2.38. The van der Waals surface area contributed by atoms with Crippen LogP contribution in [0.2, 0.25) is 0 Å². The Morgan fingerprint density at radius 1 is 0.660 bits per heavy atom. The summed E-state index contributed by atoms with van der Waals surface area (Å²) in [6, 6.07) is 9.83. The largest absolute Gasteiger partial charge is 0.448 e. The highest BCUT2D eigenvalue weighted by atomic mass is 16.7. The second-order valence-electron chi connectivity index (χ2n) is 11.3. The molecule has 0 aromatic heterocycles. The molecule has 4 amide bonds. The molecule has 15 heteroatoms. The molecule has 2 unspecified atom stereocenters. The maximum absolute atomic E-state index is 12.7. The first-order valence-electron chi connectivity index (χ1n) is 15.5. The van der Waals surface area contributed by atoms with Gasteiger partial charge in [-0.1, -0.05) is 32.9 Å². The van der Waals surface area contributed by atoms with E-state index in [1.54, 1.807) is 57.2 Å². The van der Waals surface area contributed by atoms with Crippen molar-refractivity contribution in [2.45, 2.75) is 79.8 Å². The van der Waals surface area contributed by atoms with Crippen molar-refractivity contribution in [3.63, 3.8) is 0 Å². The van der Waals surface area contributed by atoms with Crippen LogP contribution in [-0.2, 0) is 19.1 Å². The van der Waals surface area contributed by atoms with E-state index >= 15 is 0 Å². The van der Waals surface area contributed by atoms with Crippen molar-refractivity contribution in [2.24, 2.45) is 5.41 Å². The molecule has 0 fully saturated rings. The van der Waals surface area contributed by atoms with Gasteiger partial charge in [0.05, 0.1) is 12.0 Å². The van der Waals surface area contributed by atoms with Crippen LogP contribution >= 0.6 is 0 Å². The summed E-state index contributed by atoms with van der Waals surface area (Å²) >= 11 is 0. The van der Waals surface area contributed by atoms with Crippen LogP contribution in [-0.4, -0.2) is 61.4 Å². The van der Waals surface area contributed by atoms with Crippen molar-refractivity contribution < 1.29 is 43.4 Å². The fourth-order valence-electron chi connectivity index (χ4n) is 3.74. The highest BCUT2D eigenvalue weighted by Gasteiger charge is 2.32. The van der Waals surface area contributed by atoms with E-state index < -0.39 is 36.4 Å². The lowest BCUT2D eigenvalue weighted by Gasteiger charge is -2.29. The number of aliphatic hydroxyl groups is 1. The van der Waals surface area contributed by atoms with E-state index in [1.807, 2.05) is 27.7 Å². The minimum Gasteiger partial charge on any atom is -0.448 e. The maximum Gasteiger partial charge on any atom is 0.430 e. The molecule has 0 saturated carbocycles. The van der Waals surface area contributed by atoms with Gasteiger partial charge in [-0.15, -0.1) is 11.0 Å². The average molecular weight is 661 g/mol. The zero-order chi connectivity index (χ0) is 35.0. The molecule has 0 aliphatic heterocycles. The molecule has 2 rings (SSSR count). The number of nitrogens with one attached hydrogen (secondary N) is 6. The topological polar surface area (TPSA) is 198 Å². The number of aliphatic hydroxyl groups excluding tert-OH is 1. The van der Waals surface area contributed by atoms with Crippen LogP contribution in [0.3, 0.4) is 0 Å².